The third-order valence-electron chi connectivity index (χ3n) is 3.70. The molecule has 2 heterocycles. The lowest BCUT2D eigenvalue weighted by atomic mass is 9.89. The molecule has 1 aliphatic heterocycles. The summed E-state index contributed by atoms with van der Waals surface area (Å²) in [4.78, 5) is 19.7. The van der Waals surface area contributed by atoms with E-state index in [1.807, 2.05) is 20.8 Å². The predicted octanol–water partition coefficient (Wildman–Crippen LogP) is 2.48. The van der Waals surface area contributed by atoms with Crippen molar-refractivity contribution in [3.05, 3.63) is 26.3 Å². The van der Waals surface area contributed by atoms with Crippen molar-refractivity contribution in [2.45, 2.75) is 44.6 Å². The Hall–Kier alpha value is -0.720. The Kier molecular flexibility index (Phi) is 4.37. The van der Waals surface area contributed by atoms with E-state index < -0.39 is 5.60 Å². The first-order valence-corrected chi connectivity index (χ1v) is 7.53. The Balaban J connectivity index is 2.57. The van der Waals surface area contributed by atoms with Crippen LogP contribution in [0.25, 0.3) is 0 Å². The number of rotatable bonds is 2. The molecular weight excluding hydrogens is 324 g/mol. The van der Waals surface area contributed by atoms with Crippen LogP contribution < -0.4 is 5.56 Å². The molecule has 1 N–H and O–H groups in total. The maximum absolute atomic E-state index is 12.2. The van der Waals surface area contributed by atoms with Crippen LogP contribution in [0.1, 0.15) is 45.1 Å². The standard InChI is InChI=1S/C14H21BrN2O3/c1-13(2,3)10-9(15)11(18)17-12(16-10)14(19-4)5-7-20-8-6-14/h5-8H2,1-4H3,(H,16,17,18). The van der Waals surface area contributed by atoms with E-state index in [1.165, 1.54) is 0 Å². The van der Waals surface area contributed by atoms with Gasteiger partial charge >= 0.3 is 0 Å². The smallest absolute Gasteiger partial charge is 0.265 e. The molecule has 1 saturated heterocycles. The zero-order valence-electron chi connectivity index (χ0n) is 12.4. The van der Waals surface area contributed by atoms with E-state index in [0.29, 0.717) is 36.4 Å². The molecular formula is C14H21BrN2O3. The molecule has 2 rings (SSSR count). The van der Waals surface area contributed by atoms with Gasteiger partial charge in [-0.1, -0.05) is 20.8 Å². The van der Waals surface area contributed by atoms with Crippen molar-refractivity contribution < 1.29 is 9.47 Å². The van der Waals surface area contributed by atoms with Crippen LogP contribution in [0.15, 0.2) is 9.27 Å². The number of hydrogen-bond donors (Lipinski definition) is 1. The lowest BCUT2D eigenvalue weighted by molar-refractivity contribution is -0.100. The molecule has 5 nitrogen and oxygen atoms in total. The summed E-state index contributed by atoms with van der Waals surface area (Å²) in [5.41, 5.74) is -0.193. The molecule has 1 aromatic heterocycles. The summed E-state index contributed by atoms with van der Waals surface area (Å²) in [5, 5.41) is 0. The van der Waals surface area contributed by atoms with Crippen molar-refractivity contribution in [1.29, 1.82) is 0 Å². The average molecular weight is 345 g/mol. The van der Waals surface area contributed by atoms with Crippen LogP contribution >= 0.6 is 15.9 Å². The van der Waals surface area contributed by atoms with Gasteiger partial charge in [0.2, 0.25) is 0 Å². The first-order valence-electron chi connectivity index (χ1n) is 6.74. The molecule has 0 aromatic carbocycles. The molecule has 0 spiro atoms. The van der Waals surface area contributed by atoms with Crippen molar-refractivity contribution >= 4 is 15.9 Å². The molecule has 112 valence electrons. The van der Waals surface area contributed by atoms with Crippen LogP contribution in [-0.2, 0) is 20.5 Å². The van der Waals surface area contributed by atoms with Gasteiger partial charge in [0.25, 0.3) is 5.56 Å². The van der Waals surface area contributed by atoms with E-state index in [2.05, 4.69) is 25.9 Å². The molecule has 0 radical (unpaired) electrons. The van der Waals surface area contributed by atoms with E-state index in [0.717, 1.165) is 5.69 Å². The van der Waals surface area contributed by atoms with Gasteiger partial charge in [0.05, 0.1) is 5.69 Å². The average Bonchev–Trinajstić information content (AvgIpc) is 2.41. The molecule has 1 aromatic rings. The summed E-state index contributed by atoms with van der Waals surface area (Å²) in [6.45, 7) is 7.32. The molecule has 0 atom stereocenters. The highest BCUT2D eigenvalue weighted by atomic mass is 79.9. The summed E-state index contributed by atoms with van der Waals surface area (Å²) < 4.78 is 11.6. The fourth-order valence-corrected chi connectivity index (χ4v) is 3.19. The van der Waals surface area contributed by atoms with E-state index >= 15 is 0 Å². The lowest BCUT2D eigenvalue weighted by Gasteiger charge is -2.35. The Morgan fingerprint density at radius 1 is 1.35 bits per heavy atom. The fraction of sp³-hybridized carbons (Fsp3) is 0.714. The maximum atomic E-state index is 12.2. The molecule has 1 fully saturated rings. The zero-order chi connectivity index (χ0) is 15.0. The Morgan fingerprint density at radius 2 is 1.95 bits per heavy atom. The monoisotopic (exact) mass is 344 g/mol. The summed E-state index contributed by atoms with van der Waals surface area (Å²) in [6, 6.07) is 0. The largest absolute Gasteiger partial charge is 0.381 e. The topological polar surface area (TPSA) is 64.2 Å². The molecule has 0 aliphatic carbocycles. The van der Waals surface area contributed by atoms with Gasteiger partial charge < -0.3 is 14.5 Å². The number of nitrogens with zero attached hydrogens (tertiary/aromatic N) is 1. The van der Waals surface area contributed by atoms with Crippen LogP contribution in [0.2, 0.25) is 0 Å². The number of methoxy groups -OCH3 is 1. The van der Waals surface area contributed by atoms with Gasteiger partial charge in [-0.3, -0.25) is 4.79 Å². The van der Waals surface area contributed by atoms with E-state index in [9.17, 15) is 4.79 Å². The van der Waals surface area contributed by atoms with Gasteiger partial charge in [-0.2, -0.15) is 0 Å². The second-order valence-corrected chi connectivity index (χ2v) is 6.93. The highest BCUT2D eigenvalue weighted by Gasteiger charge is 2.38. The lowest BCUT2D eigenvalue weighted by Crippen LogP contribution is -2.40. The molecule has 1 aliphatic rings. The van der Waals surface area contributed by atoms with E-state index in [4.69, 9.17) is 9.47 Å². The van der Waals surface area contributed by atoms with Crippen molar-refractivity contribution in [2.24, 2.45) is 0 Å². The van der Waals surface area contributed by atoms with Crippen LogP contribution in [0, 0.1) is 0 Å². The molecule has 6 heteroatoms. The third kappa shape index (κ3) is 2.82. The molecule has 0 saturated carbocycles. The minimum absolute atomic E-state index is 0.164. The van der Waals surface area contributed by atoms with Gasteiger partial charge in [-0.05, 0) is 15.9 Å². The minimum atomic E-state index is -0.557. The number of nitrogens with one attached hydrogen (secondary N) is 1. The summed E-state index contributed by atoms with van der Waals surface area (Å²) >= 11 is 3.34. The minimum Gasteiger partial charge on any atom is -0.381 e. The quantitative estimate of drug-likeness (QED) is 0.895. The molecule has 0 unspecified atom stereocenters. The second-order valence-electron chi connectivity index (χ2n) is 6.14. The van der Waals surface area contributed by atoms with Crippen LogP contribution in [-0.4, -0.2) is 30.3 Å². The Labute approximate surface area is 127 Å². The van der Waals surface area contributed by atoms with Crippen LogP contribution in [0.3, 0.4) is 0 Å². The predicted molar refractivity (Wildman–Crippen MR) is 80.0 cm³/mol. The third-order valence-corrected chi connectivity index (χ3v) is 4.43. The zero-order valence-corrected chi connectivity index (χ0v) is 14.0. The number of aromatic nitrogens is 2. The number of halogens is 1. The van der Waals surface area contributed by atoms with E-state index in [-0.39, 0.29) is 11.0 Å². The summed E-state index contributed by atoms with van der Waals surface area (Å²) in [5.74, 6) is 0.599. The molecule has 0 amide bonds. The number of ether oxygens (including phenoxy) is 2. The van der Waals surface area contributed by atoms with Crippen molar-refractivity contribution in [2.75, 3.05) is 20.3 Å². The first kappa shape index (κ1) is 15.7. The van der Waals surface area contributed by atoms with Crippen LogP contribution in [0.5, 0.6) is 0 Å². The Bertz CT molecular complexity index is 542. The van der Waals surface area contributed by atoms with Crippen molar-refractivity contribution in [3.63, 3.8) is 0 Å². The second kappa shape index (κ2) is 5.58. The number of H-pyrrole nitrogens is 1. The Morgan fingerprint density at radius 3 is 2.45 bits per heavy atom. The molecule has 20 heavy (non-hydrogen) atoms. The highest BCUT2D eigenvalue weighted by molar-refractivity contribution is 9.10. The summed E-state index contributed by atoms with van der Waals surface area (Å²) in [7, 11) is 1.66. The fourth-order valence-electron chi connectivity index (χ4n) is 2.41. The van der Waals surface area contributed by atoms with Gasteiger partial charge in [-0.15, -0.1) is 0 Å². The molecule has 0 bridgehead atoms. The van der Waals surface area contributed by atoms with Gasteiger partial charge in [-0.25, -0.2) is 4.98 Å². The van der Waals surface area contributed by atoms with Gasteiger partial charge in [0.1, 0.15) is 15.9 Å². The van der Waals surface area contributed by atoms with Gasteiger partial charge in [0, 0.05) is 38.6 Å². The SMILES string of the molecule is COC1(c2nc(C(C)(C)C)c(Br)c(=O)[nH]2)CCOCC1. The number of hydrogen-bond acceptors (Lipinski definition) is 4. The van der Waals surface area contributed by atoms with Gasteiger partial charge in [0.15, 0.2) is 0 Å². The first-order chi connectivity index (χ1) is 9.30. The number of aromatic amines is 1. The van der Waals surface area contributed by atoms with Crippen molar-refractivity contribution in [3.8, 4) is 0 Å². The van der Waals surface area contributed by atoms with Crippen LogP contribution in [0.4, 0.5) is 0 Å². The highest BCUT2D eigenvalue weighted by Crippen LogP contribution is 2.34. The maximum Gasteiger partial charge on any atom is 0.265 e. The van der Waals surface area contributed by atoms with E-state index in [1.54, 1.807) is 7.11 Å². The summed E-state index contributed by atoms with van der Waals surface area (Å²) in [6.07, 6.45) is 1.38. The van der Waals surface area contributed by atoms with Crippen molar-refractivity contribution in [1.82, 2.24) is 9.97 Å². The normalized spacial score (nSPS) is 19.1.